The molecule has 3 N–H and O–H groups in total. The molecule has 0 bridgehead atoms. The van der Waals surface area contributed by atoms with Gasteiger partial charge in [-0.15, -0.1) is 5.10 Å². The van der Waals surface area contributed by atoms with Crippen molar-refractivity contribution in [1.29, 1.82) is 0 Å². The Labute approximate surface area is 305 Å². The second-order valence-electron chi connectivity index (χ2n) is 13.4. The first-order chi connectivity index (χ1) is 25.3. The number of urea groups is 1. The van der Waals surface area contributed by atoms with E-state index < -0.39 is 40.6 Å². The van der Waals surface area contributed by atoms with E-state index in [-0.39, 0.29) is 66.0 Å². The van der Waals surface area contributed by atoms with Crippen molar-refractivity contribution in [3.63, 3.8) is 0 Å². The highest BCUT2D eigenvalue weighted by Crippen LogP contribution is 2.44. The number of pyridine rings is 1. The molecule has 1 atom stereocenters. The molecule has 3 aliphatic rings. The lowest BCUT2D eigenvalue weighted by molar-refractivity contribution is -0.137. The normalized spacial score (nSPS) is 18.2. The second kappa shape index (κ2) is 13.8. The second-order valence-corrected chi connectivity index (χ2v) is 13.8. The van der Waals surface area contributed by atoms with Crippen LogP contribution in [0.4, 0.5) is 23.7 Å². The van der Waals surface area contributed by atoms with Gasteiger partial charge in [0.05, 0.1) is 22.3 Å². The first kappa shape index (κ1) is 35.9. The van der Waals surface area contributed by atoms with Gasteiger partial charge in [0.2, 0.25) is 11.7 Å². The molecule has 53 heavy (non-hydrogen) atoms. The monoisotopic (exact) mass is 753 g/mol. The van der Waals surface area contributed by atoms with Crippen molar-refractivity contribution >= 4 is 40.9 Å². The minimum absolute atomic E-state index is 0.0274. The van der Waals surface area contributed by atoms with E-state index in [1.165, 1.54) is 30.3 Å². The number of nitrogens with zero attached hydrogens (tertiary/aromatic N) is 7. The third-order valence-corrected chi connectivity index (χ3v) is 10.6. The number of rotatable bonds is 5. The number of aromatic nitrogens is 5. The average molecular weight is 754 g/mol. The maximum atomic E-state index is 14.6. The van der Waals surface area contributed by atoms with Gasteiger partial charge < -0.3 is 30.1 Å². The Bertz CT molecular complexity index is 2210. The van der Waals surface area contributed by atoms with Crippen molar-refractivity contribution in [2.45, 2.75) is 62.7 Å². The Morgan fingerprint density at radius 1 is 1.11 bits per heavy atom. The molecule has 5 heterocycles. The zero-order valence-corrected chi connectivity index (χ0v) is 29.2. The van der Waals surface area contributed by atoms with E-state index in [9.17, 15) is 37.5 Å². The predicted molar refractivity (Wildman–Crippen MR) is 186 cm³/mol. The number of likely N-dealkylation sites (tertiary alicyclic amines) is 1. The Kier molecular flexibility index (Phi) is 9.38. The van der Waals surface area contributed by atoms with Crippen LogP contribution in [-0.4, -0.2) is 83.6 Å². The zero-order valence-electron chi connectivity index (χ0n) is 28.5. The lowest BCUT2D eigenvalue weighted by Gasteiger charge is -2.45. The highest BCUT2D eigenvalue weighted by atomic mass is 35.5. The van der Waals surface area contributed by atoms with Crippen molar-refractivity contribution in [1.82, 2.24) is 39.3 Å². The number of nitrogens with one attached hydrogen (secondary N) is 2. The zero-order chi connectivity index (χ0) is 37.7. The van der Waals surface area contributed by atoms with Gasteiger partial charge in [-0.25, -0.2) is 9.78 Å². The van der Waals surface area contributed by atoms with Crippen molar-refractivity contribution in [2.24, 2.45) is 0 Å². The number of alkyl halides is 3. The summed E-state index contributed by atoms with van der Waals surface area (Å²) in [6, 6.07) is 4.57. The van der Waals surface area contributed by atoms with E-state index >= 15 is 0 Å². The van der Waals surface area contributed by atoms with Gasteiger partial charge in [0.1, 0.15) is 12.3 Å². The molecule has 0 radical (unpaired) electrons. The van der Waals surface area contributed by atoms with Gasteiger partial charge >= 0.3 is 12.2 Å². The molecule has 1 saturated heterocycles. The van der Waals surface area contributed by atoms with Crippen molar-refractivity contribution in [2.75, 3.05) is 32.0 Å². The summed E-state index contributed by atoms with van der Waals surface area (Å²) >= 11 is 6.16. The quantitative estimate of drug-likeness (QED) is 0.252. The van der Waals surface area contributed by atoms with Crippen LogP contribution in [-0.2, 0) is 29.4 Å². The third kappa shape index (κ3) is 6.57. The summed E-state index contributed by atoms with van der Waals surface area (Å²) in [7, 11) is 1.51. The summed E-state index contributed by atoms with van der Waals surface area (Å²) in [5, 5.41) is 19.8. The van der Waals surface area contributed by atoms with Crippen molar-refractivity contribution in [3.05, 3.63) is 92.4 Å². The fourth-order valence-corrected chi connectivity index (χ4v) is 7.92. The summed E-state index contributed by atoms with van der Waals surface area (Å²) in [5.74, 6) is -1.02. The van der Waals surface area contributed by atoms with Gasteiger partial charge in [0.25, 0.3) is 11.5 Å². The molecule has 1 aliphatic carbocycles. The molecule has 1 unspecified atom stereocenters. The van der Waals surface area contributed by atoms with Crippen LogP contribution < -0.4 is 16.2 Å². The first-order valence-corrected chi connectivity index (χ1v) is 17.4. The van der Waals surface area contributed by atoms with Gasteiger partial charge in [-0.3, -0.25) is 14.4 Å². The molecule has 7 rings (SSSR count). The fourth-order valence-electron chi connectivity index (χ4n) is 7.69. The highest BCUT2D eigenvalue weighted by molar-refractivity contribution is 6.33. The Morgan fingerprint density at radius 3 is 2.58 bits per heavy atom. The summed E-state index contributed by atoms with van der Waals surface area (Å²) in [6.07, 6.45) is 3.43. The van der Waals surface area contributed by atoms with E-state index in [2.05, 4.69) is 20.7 Å². The van der Waals surface area contributed by atoms with Crippen LogP contribution in [0.3, 0.4) is 0 Å². The minimum atomic E-state index is -4.63. The number of carbonyl (C=O) groups excluding carboxylic acids is 3. The number of anilines is 1. The van der Waals surface area contributed by atoms with Gasteiger partial charge in [-0.05, 0) is 68.9 Å². The van der Waals surface area contributed by atoms with Crippen molar-refractivity contribution in [3.8, 4) is 5.75 Å². The van der Waals surface area contributed by atoms with Crippen LogP contribution >= 0.6 is 11.6 Å². The van der Waals surface area contributed by atoms with Crippen LogP contribution in [0, 0.1) is 0 Å². The summed E-state index contributed by atoms with van der Waals surface area (Å²) in [4.78, 5) is 66.3. The number of amides is 4. The van der Waals surface area contributed by atoms with Gasteiger partial charge in [-0.1, -0.05) is 23.8 Å². The Balaban J connectivity index is 1.29. The lowest BCUT2D eigenvalue weighted by atomic mass is 9.66. The molecule has 278 valence electrons. The molecule has 4 amide bonds. The van der Waals surface area contributed by atoms with Gasteiger partial charge in [0.15, 0.2) is 11.5 Å². The van der Waals surface area contributed by atoms with Gasteiger partial charge in [0, 0.05) is 49.6 Å². The Hall–Kier alpha value is -5.45. The van der Waals surface area contributed by atoms with E-state index in [0.29, 0.717) is 49.8 Å². The molecule has 2 aliphatic heterocycles. The molecule has 0 saturated carbocycles. The average Bonchev–Trinajstić information content (AvgIpc) is 3.60. The lowest BCUT2D eigenvalue weighted by Crippen LogP contribution is -2.50. The maximum absolute atomic E-state index is 14.6. The molecule has 1 aromatic carbocycles. The number of fused-ring (bicyclic) bond motifs is 3. The topological polar surface area (TPSA) is 167 Å². The fraction of sp³-hybridized carbons (Fsp3) is 0.400. The molecular formula is C35H35ClF3N9O5. The first-order valence-electron chi connectivity index (χ1n) is 17.1. The largest absolute Gasteiger partial charge is 0.505 e. The number of piperidine rings is 1. The molecule has 4 aromatic rings. The molecule has 18 heteroatoms. The molecule has 1 spiro atoms. The smallest absolute Gasteiger partial charge is 0.416 e. The number of halogens is 4. The highest BCUT2D eigenvalue weighted by Gasteiger charge is 2.45. The molecule has 1 fully saturated rings. The van der Waals surface area contributed by atoms with Crippen LogP contribution in [0.15, 0.2) is 53.5 Å². The van der Waals surface area contributed by atoms with Crippen LogP contribution in [0.2, 0.25) is 5.02 Å². The molecular weight excluding hydrogens is 719 g/mol. The standard InChI is InChI=1S/C35H35ClF3N9O5/c1-40-33(53)46-15-3-2-6-24(46)29-43-32-47(19-26(50)42-22-10-9-20(18-21(22)36)35(37,38)39)23-7-4-11-34(27(23)30(51)48(32)44-29)12-16-45(17-13-34)31(52)28-25(49)8-5-14-41-28/h2-3,5,8-10,14,18,24,49H,4,6-7,11-13,15-17,19H2,1H3,(H,40,53)(H,42,50). The molecule has 14 nitrogen and oxygen atoms in total. The third-order valence-electron chi connectivity index (χ3n) is 10.3. The molecule has 3 aromatic heterocycles. The van der Waals surface area contributed by atoms with E-state index in [0.717, 1.165) is 22.7 Å². The predicted octanol–water partition coefficient (Wildman–Crippen LogP) is 4.46. The van der Waals surface area contributed by atoms with Crippen molar-refractivity contribution < 1.29 is 32.7 Å². The van der Waals surface area contributed by atoms with E-state index in [1.807, 2.05) is 12.2 Å². The van der Waals surface area contributed by atoms with Crippen LogP contribution in [0.25, 0.3) is 5.78 Å². The summed E-state index contributed by atoms with van der Waals surface area (Å²) in [5.41, 5.74) is -1.15. The van der Waals surface area contributed by atoms with Crippen LogP contribution in [0.1, 0.15) is 71.3 Å². The number of benzene rings is 1. The SMILES string of the molecule is CNC(=O)N1CC=CCC1c1nc2n(CC(=O)Nc3ccc(C(F)(F)F)cc3Cl)c3c(c(=O)n2n1)C1(CCC3)CCN(C(=O)c2ncccc2O)CC1. The summed E-state index contributed by atoms with van der Waals surface area (Å²) in [6.45, 7) is 0.448. The summed E-state index contributed by atoms with van der Waals surface area (Å²) < 4.78 is 42.6. The minimum Gasteiger partial charge on any atom is -0.505 e. The van der Waals surface area contributed by atoms with Crippen LogP contribution in [0.5, 0.6) is 5.75 Å². The number of hydrogen-bond donors (Lipinski definition) is 3. The number of aromatic hydroxyl groups is 1. The Morgan fingerprint density at radius 2 is 1.89 bits per heavy atom. The number of carbonyl (C=O) groups is 3. The van der Waals surface area contributed by atoms with Gasteiger partial charge in [-0.2, -0.15) is 22.7 Å². The number of hydrogen-bond acceptors (Lipinski definition) is 8. The van der Waals surface area contributed by atoms with E-state index in [1.54, 1.807) is 9.47 Å². The maximum Gasteiger partial charge on any atom is 0.416 e. The van der Waals surface area contributed by atoms with E-state index in [4.69, 9.17) is 16.6 Å².